The molecular weight excluding hydrogens is 321 g/mol. The first-order chi connectivity index (χ1) is 12.1. The van der Waals surface area contributed by atoms with E-state index in [1.54, 1.807) is 12.1 Å². The van der Waals surface area contributed by atoms with Gasteiger partial charge in [-0.05, 0) is 49.4 Å². The smallest absolute Gasteiger partial charge is 0.227 e. The molecule has 1 aliphatic rings. The number of benzene rings is 1. The van der Waals surface area contributed by atoms with Gasteiger partial charge in [-0.1, -0.05) is 6.07 Å². The minimum Gasteiger partial charge on any atom is -0.494 e. The molecule has 1 saturated heterocycles. The molecule has 5 nitrogen and oxygen atoms in total. The van der Waals surface area contributed by atoms with Gasteiger partial charge in [0, 0.05) is 12.7 Å². The lowest BCUT2D eigenvalue weighted by Crippen LogP contribution is -2.46. The van der Waals surface area contributed by atoms with E-state index in [0.29, 0.717) is 12.1 Å². The van der Waals surface area contributed by atoms with Crippen LogP contribution in [-0.4, -0.2) is 40.3 Å². The molecule has 1 aromatic heterocycles. The zero-order valence-electron chi connectivity index (χ0n) is 14.7. The Hall–Kier alpha value is -2.37. The number of piperidine rings is 1. The van der Waals surface area contributed by atoms with Gasteiger partial charge < -0.3 is 9.64 Å². The second kappa shape index (κ2) is 7.68. The third-order valence-corrected chi connectivity index (χ3v) is 4.68. The summed E-state index contributed by atoms with van der Waals surface area (Å²) in [5.74, 6) is -0.200. The van der Waals surface area contributed by atoms with Gasteiger partial charge in [0.2, 0.25) is 5.91 Å². The minimum absolute atomic E-state index is 0.0399. The number of ether oxygens (including phenoxy) is 1. The molecule has 1 aromatic carbocycles. The zero-order chi connectivity index (χ0) is 17.8. The number of rotatable bonds is 5. The number of aryl methyl sites for hydroxylation is 1. The highest BCUT2D eigenvalue weighted by Crippen LogP contribution is 2.22. The van der Waals surface area contributed by atoms with Crippen LogP contribution in [0.15, 0.2) is 30.6 Å². The van der Waals surface area contributed by atoms with Crippen LogP contribution in [-0.2, 0) is 17.8 Å². The Morgan fingerprint density at radius 2 is 2.24 bits per heavy atom. The van der Waals surface area contributed by atoms with Gasteiger partial charge >= 0.3 is 0 Å². The standard InChI is InChI=1S/C19H24FN3O2/c1-14-11-21-22(12-14)13-16-5-3-4-8-23(16)19(24)10-15-6-7-18(25-2)17(20)9-15/h6-7,9,11-12,16H,3-5,8,10,13H2,1-2H3/t16-/m1/s1. The number of amides is 1. The van der Waals surface area contributed by atoms with Crippen molar-refractivity contribution in [2.45, 2.75) is 45.2 Å². The minimum atomic E-state index is -0.435. The van der Waals surface area contributed by atoms with Crippen molar-refractivity contribution in [1.29, 1.82) is 0 Å². The number of aromatic nitrogens is 2. The van der Waals surface area contributed by atoms with Crippen LogP contribution < -0.4 is 4.74 Å². The zero-order valence-corrected chi connectivity index (χ0v) is 14.7. The van der Waals surface area contributed by atoms with Crippen LogP contribution in [0.1, 0.15) is 30.4 Å². The van der Waals surface area contributed by atoms with E-state index in [-0.39, 0.29) is 24.1 Å². The molecule has 0 N–H and O–H groups in total. The quantitative estimate of drug-likeness (QED) is 0.837. The highest BCUT2D eigenvalue weighted by Gasteiger charge is 2.27. The van der Waals surface area contributed by atoms with Crippen LogP contribution in [0.25, 0.3) is 0 Å². The fourth-order valence-corrected chi connectivity index (χ4v) is 3.40. The number of hydrogen-bond acceptors (Lipinski definition) is 3. The van der Waals surface area contributed by atoms with Gasteiger partial charge in [-0.3, -0.25) is 9.48 Å². The van der Waals surface area contributed by atoms with E-state index in [1.807, 2.05) is 28.9 Å². The first-order valence-corrected chi connectivity index (χ1v) is 8.68. The van der Waals surface area contributed by atoms with Crippen molar-refractivity contribution in [2.75, 3.05) is 13.7 Å². The summed E-state index contributed by atoms with van der Waals surface area (Å²) in [5.41, 5.74) is 1.78. The molecule has 1 aliphatic heterocycles. The normalized spacial score (nSPS) is 17.6. The monoisotopic (exact) mass is 345 g/mol. The number of halogens is 1. The largest absolute Gasteiger partial charge is 0.494 e. The molecule has 0 unspecified atom stereocenters. The predicted octanol–water partition coefficient (Wildman–Crippen LogP) is 2.96. The first-order valence-electron chi connectivity index (χ1n) is 8.68. The van der Waals surface area contributed by atoms with Crippen LogP contribution in [0, 0.1) is 12.7 Å². The molecular formula is C19H24FN3O2. The highest BCUT2D eigenvalue weighted by atomic mass is 19.1. The average Bonchev–Trinajstić information content (AvgIpc) is 3.00. The number of nitrogens with zero attached hydrogens (tertiary/aromatic N) is 3. The van der Waals surface area contributed by atoms with E-state index in [1.165, 1.54) is 13.2 Å². The second-order valence-electron chi connectivity index (χ2n) is 6.62. The van der Waals surface area contributed by atoms with Crippen molar-refractivity contribution in [2.24, 2.45) is 0 Å². The van der Waals surface area contributed by atoms with Crippen molar-refractivity contribution in [3.05, 3.63) is 47.5 Å². The summed E-state index contributed by atoms with van der Waals surface area (Å²) in [4.78, 5) is 14.7. The molecule has 3 rings (SSSR count). The Kier molecular flexibility index (Phi) is 5.36. The van der Waals surface area contributed by atoms with Gasteiger partial charge in [0.25, 0.3) is 0 Å². The fraction of sp³-hybridized carbons (Fsp3) is 0.474. The van der Waals surface area contributed by atoms with Crippen molar-refractivity contribution in [3.8, 4) is 5.75 Å². The van der Waals surface area contributed by atoms with Gasteiger partial charge in [-0.25, -0.2) is 4.39 Å². The van der Waals surface area contributed by atoms with E-state index in [0.717, 1.165) is 31.4 Å². The van der Waals surface area contributed by atoms with Gasteiger partial charge in [0.15, 0.2) is 11.6 Å². The SMILES string of the molecule is COc1ccc(CC(=O)N2CCCC[C@@H]2Cn2cc(C)cn2)cc1F. The lowest BCUT2D eigenvalue weighted by atomic mass is 10.0. The van der Waals surface area contributed by atoms with Gasteiger partial charge in [-0.15, -0.1) is 0 Å². The third-order valence-electron chi connectivity index (χ3n) is 4.68. The summed E-state index contributed by atoms with van der Waals surface area (Å²) in [6, 6.07) is 4.84. The van der Waals surface area contributed by atoms with E-state index in [9.17, 15) is 9.18 Å². The Bertz CT molecular complexity index is 744. The van der Waals surface area contributed by atoms with Crippen LogP contribution >= 0.6 is 0 Å². The Morgan fingerprint density at radius 1 is 1.40 bits per heavy atom. The summed E-state index contributed by atoms with van der Waals surface area (Å²) in [7, 11) is 1.43. The first kappa shape index (κ1) is 17.5. The van der Waals surface area contributed by atoms with Gasteiger partial charge in [0.05, 0.1) is 32.3 Å². The summed E-state index contributed by atoms with van der Waals surface area (Å²) in [5, 5.41) is 4.33. The molecule has 0 bridgehead atoms. The lowest BCUT2D eigenvalue weighted by Gasteiger charge is -2.36. The summed E-state index contributed by atoms with van der Waals surface area (Å²) in [6.45, 7) is 3.46. The molecule has 2 heterocycles. The van der Waals surface area contributed by atoms with Gasteiger partial charge in [0.1, 0.15) is 0 Å². The molecule has 0 saturated carbocycles. The van der Waals surface area contributed by atoms with Crippen molar-refractivity contribution in [1.82, 2.24) is 14.7 Å². The lowest BCUT2D eigenvalue weighted by molar-refractivity contribution is -0.134. The second-order valence-corrected chi connectivity index (χ2v) is 6.62. The number of methoxy groups -OCH3 is 1. The Morgan fingerprint density at radius 3 is 2.92 bits per heavy atom. The van der Waals surface area contributed by atoms with E-state index in [4.69, 9.17) is 4.74 Å². The van der Waals surface area contributed by atoms with E-state index >= 15 is 0 Å². The maximum absolute atomic E-state index is 13.8. The number of carbonyl (C=O) groups is 1. The Balaban J connectivity index is 1.69. The third kappa shape index (κ3) is 4.18. The van der Waals surface area contributed by atoms with Gasteiger partial charge in [-0.2, -0.15) is 5.10 Å². The van der Waals surface area contributed by atoms with Crippen LogP contribution in [0.3, 0.4) is 0 Å². The predicted molar refractivity (Wildman–Crippen MR) is 93.0 cm³/mol. The molecule has 6 heteroatoms. The molecule has 0 spiro atoms. The topological polar surface area (TPSA) is 47.4 Å². The summed E-state index contributed by atoms with van der Waals surface area (Å²) >= 11 is 0. The molecule has 0 aliphatic carbocycles. The number of carbonyl (C=O) groups excluding carboxylic acids is 1. The van der Waals surface area contributed by atoms with Crippen molar-refractivity contribution in [3.63, 3.8) is 0 Å². The molecule has 0 radical (unpaired) electrons. The molecule has 1 atom stereocenters. The molecule has 1 amide bonds. The summed E-state index contributed by atoms with van der Waals surface area (Å²) in [6.07, 6.45) is 7.13. The molecule has 2 aromatic rings. The Labute approximate surface area is 147 Å². The van der Waals surface area contributed by atoms with E-state index in [2.05, 4.69) is 5.10 Å². The summed E-state index contributed by atoms with van der Waals surface area (Å²) < 4.78 is 20.7. The van der Waals surface area contributed by atoms with Crippen molar-refractivity contribution >= 4 is 5.91 Å². The number of hydrogen-bond donors (Lipinski definition) is 0. The van der Waals surface area contributed by atoms with Crippen LogP contribution in [0.2, 0.25) is 0 Å². The molecule has 134 valence electrons. The molecule has 25 heavy (non-hydrogen) atoms. The van der Waals surface area contributed by atoms with Crippen LogP contribution in [0.4, 0.5) is 4.39 Å². The van der Waals surface area contributed by atoms with Crippen molar-refractivity contribution < 1.29 is 13.9 Å². The maximum atomic E-state index is 13.8. The van der Waals surface area contributed by atoms with Crippen LogP contribution in [0.5, 0.6) is 5.75 Å². The highest BCUT2D eigenvalue weighted by molar-refractivity contribution is 5.79. The van der Waals surface area contributed by atoms with E-state index < -0.39 is 5.82 Å². The maximum Gasteiger partial charge on any atom is 0.227 e. The molecule has 1 fully saturated rings. The number of likely N-dealkylation sites (tertiary alicyclic amines) is 1. The fourth-order valence-electron chi connectivity index (χ4n) is 3.40. The average molecular weight is 345 g/mol.